The van der Waals surface area contributed by atoms with Gasteiger partial charge in [0.25, 0.3) is 5.56 Å². The van der Waals surface area contributed by atoms with E-state index >= 15 is 0 Å². The molecule has 1 saturated heterocycles. The summed E-state index contributed by atoms with van der Waals surface area (Å²) < 4.78 is 8.49. The van der Waals surface area contributed by atoms with Crippen molar-refractivity contribution in [2.75, 3.05) is 22.5 Å². The van der Waals surface area contributed by atoms with Gasteiger partial charge in [-0.1, -0.05) is 19.1 Å². The average molecular weight is 495 g/mol. The van der Waals surface area contributed by atoms with Crippen molar-refractivity contribution in [3.8, 4) is 0 Å². The van der Waals surface area contributed by atoms with Gasteiger partial charge in [-0.2, -0.15) is 0 Å². The Bertz CT molecular complexity index is 1430. The number of benzene rings is 2. The zero-order valence-electron chi connectivity index (χ0n) is 19.4. The van der Waals surface area contributed by atoms with E-state index in [1.54, 1.807) is 33.7 Å². The molecule has 1 atom stereocenters. The normalized spacial score (nSPS) is 17.4. The Morgan fingerprint density at radius 2 is 1.89 bits per heavy atom. The highest BCUT2D eigenvalue weighted by Crippen LogP contribution is 2.35. The molecule has 3 heterocycles. The van der Waals surface area contributed by atoms with Crippen LogP contribution in [0.3, 0.4) is 0 Å². The molecule has 0 aliphatic carbocycles. The maximum absolute atomic E-state index is 13.1. The predicted molar refractivity (Wildman–Crippen MR) is 135 cm³/mol. The number of amides is 2. The summed E-state index contributed by atoms with van der Waals surface area (Å²) in [5.74, 6) is 0.313. The van der Waals surface area contributed by atoms with Crippen LogP contribution in [0.25, 0.3) is 10.9 Å². The molecule has 0 unspecified atom stereocenters. The first-order chi connectivity index (χ1) is 17.0. The monoisotopic (exact) mass is 494 g/mol. The number of carbonyl (C=O) groups is 2. The summed E-state index contributed by atoms with van der Waals surface area (Å²) >= 11 is 1.46. The highest BCUT2D eigenvalue weighted by Gasteiger charge is 2.32. The van der Waals surface area contributed by atoms with Gasteiger partial charge >= 0.3 is 11.8 Å². The number of hydrogen-bond donors (Lipinski definition) is 1. The van der Waals surface area contributed by atoms with Crippen molar-refractivity contribution in [1.82, 2.24) is 9.13 Å². The van der Waals surface area contributed by atoms with Gasteiger partial charge in [0, 0.05) is 23.7 Å². The van der Waals surface area contributed by atoms with Gasteiger partial charge in [-0.3, -0.25) is 23.6 Å². The van der Waals surface area contributed by atoms with Crippen LogP contribution in [-0.2, 0) is 22.6 Å². The van der Waals surface area contributed by atoms with E-state index in [0.717, 1.165) is 11.3 Å². The molecule has 2 aromatic carbocycles. The first-order valence-corrected chi connectivity index (χ1v) is 12.7. The molecule has 5 rings (SSSR count). The Hall–Kier alpha value is -3.53. The van der Waals surface area contributed by atoms with E-state index in [1.807, 2.05) is 25.1 Å². The van der Waals surface area contributed by atoms with Crippen molar-refractivity contribution in [2.45, 2.75) is 50.3 Å². The van der Waals surface area contributed by atoms with Crippen LogP contribution in [0.15, 0.2) is 56.9 Å². The number of ether oxygens (including phenoxy) is 1. The van der Waals surface area contributed by atoms with Crippen molar-refractivity contribution in [3.63, 3.8) is 0 Å². The number of anilines is 2. The summed E-state index contributed by atoms with van der Waals surface area (Å²) in [6.07, 6.45) is 1.02. The lowest BCUT2D eigenvalue weighted by Crippen LogP contribution is -2.40. The fourth-order valence-electron chi connectivity index (χ4n) is 4.61. The second-order valence-corrected chi connectivity index (χ2v) is 9.70. The molecule has 3 aromatic rings. The summed E-state index contributed by atoms with van der Waals surface area (Å²) in [5, 5.41) is 3.36. The van der Waals surface area contributed by atoms with Crippen LogP contribution in [0, 0.1) is 0 Å². The van der Waals surface area contributed by atoms with Gasteiger partial charge in [0.1, 0.15) is 6.10 Å². The Balaban J connectivity index is 1.28. The summed E-state index contributed by atoms with van der Waals surface area (Å²) in [4.78, 5) is 52.8. The number of carbonyl (C=O) groups excluding carboxylic acids is 2. The molecule has 1 fully saturated rings. The van der Waals surface area contributed by atoms with E-state index in [4.69, 9.17) is 4.74 Å². The molecule has 0 saturated carbocycles. The molecule has 10 heteroatoms. The van der Waals surface area contributed by atoms with Gasteiger partial charge in [0.05, 0.1) is 28.9 Å². The molecule has 2 aliphatic rings. The maximum atomic E-state index is 13.1. The standard InChI is InChI=1S/C25H26N4O5S/c1-2-11-27-20-8-4-3-7-18(20)23(31)28(24(27)32)12-5-6-17-14-29(25(33)34-17)16-9-10-21-19(13-16)26-22(30)15-35-21/h3-4,7-10,13,17H,2,5-6,11-12,14-15H2,1H3,(H,26,30)/t17-/m1/s1. The van der Waals surface area contributed by atoms with Gasteiger partial charge in [-0.15, -0.1) is 11.8 Å². The van der Waals surface area contributed by atoms with E-state index < -0.39 is 6.09 Å². The summed E-state index contributed by atoms with van der Waals surface area (Å²) in [7, 11) is 0. The molecule has 1 N–H and O–H groups in total. The lowest BCUT2D eigenvalue weighted by atomic mass is 10.1. The van der Waals surface area contributed by atoms with Crippen LogP contribution in [0.4, 0.5) is 16.2 Å². The number of nitrogens with one attached hydrogen (secondary N) is 1. The fraction of sp³-hybridized carbons (Fsp3) is 0.360. The molecule has 182 valence electrons. The molecule has 0 bridgehead atoms. The minimum absolute atomic E-state index is 0.0662. The Labute approximate surface area is 205 Å². The molecule has 35 heavy (non-hydrogen) atoms. The van der Waals surface area contributed by atoms with E-state index in [2.05, 4.69) is 5.32 Å². The van der Waals surface area contributed by atoms with E-state index in [9.17, 15) is 19.2 Å². The number of hydrogen-bond acceptors (Lipinski definition) is 6. The van der Waals surface area contributed by atoms with Crippen LogP contribution < -0.4 is 21.5 Å². The minimum Gasteiger partial charge on any atom is -0.444 e. The maximum Gasteiger partial charge on any atom is 0.414 e. The number of aromatic nitrogens is 2. The third kappa shape index (κ3) is 4.45. The Morgan fingerprint density at radius 1 is 1.06 bits per heavy atom. The quantitative estimate of drug-likeness (QED) is 0.540. The van der Waals surface area contributed by atoms with Gasteiger partial charge in [-0.25, -0.2) is 9.59 Å². The first-order valence-electron chi connectivity index (χ1n) is 11.7. The number of thioether (sulfide) groups is 1. The lowest BCUT2D eigenvalue weighted by Gasteiger charge is -2.20. The molecule has 9 nitrogen and oxygen atoms in total. The smallest absolute Gasteiger partial charge is 0.414 e. The van der Waals surface area contributed by atoms with Gasteiger partial charge in [0.15, 0.2) is 0 Å². The SMILES string of the molecule is CCCn1c(=O)n(CCC[C@@H]2CN(c3ccc4c(c3)NC(=O)CS4)C(=O)O2)c(=O)c2ccccc21. The minimum atomic E-state index is -0.446. The van der Waals surface area contributed by atoms with Crippen molar-refractivity contribution >= 4 is 46.0 Å². The lowest BCUT2D eigenvalue weighted by molar-refractivity contribution is -0.113. The molecule has 1 aromatic heterocycles. The average Bonchev–Trinajstić information content (AvgIpc) is 3.23. The van der Waals surface area contributed by atoms with Crippen molar-refractivity contribution < 1.29 is 14.3 Å². The number of para-hydroxylation sites is 1. The summed E-state index contributed by atoms with van der Waals surface area (Å²) in [6.45, 7) is 3.15. The zero-order valence-corrected chi connectivity index (χ0v) is 20.2. The van der Waals surface area contributed by atoms with Crippen LogP contribution in [0.5, 0.6) is 0 Å². The molecular formula is C25H26N4O5S. The Kier molecular flexibility index (Phi) is 6.38. The largest absolute Gasteiger partial charge is 0.444 e. The van der Waals surface area contributed by atoms with Gasteiger partial charge < -0.3 is 10.1 Å². The number of nitrogens with zero attached hydrogens (tertiary/aromatic N) is 3. The zero-order chi connectivity index (χ0) is 24.5. The molecule has 0 spiro atoms. The van der Waals surface area contributed by atoms with Crippen LogP contribution in [0.2, 0.25) is 0 Å². The summed E-state index contributed by atoms with van der Waals surface area (Å²) in [5.41, 5.74) is 1.40. The second-order valence-electron chi connectivity index (χ2n) is 8.68. The Morgan fingerprint density at radius 3 is 2.71 bits per heavy atom. The summed E-state index contributed by atoms with van der Waals surface area (Å²) in [6, 6.07) is 12.7. The van der Waals surface area contributed by atoms with E-state index in [1.165, 1.54) is 16.3 Å². The third-order valence-corrected chi connectivity index (χ3v) is 7.34. The van der Waals surface area contributed by atoms with Gasteiger partial charge in [-0.05, 0) is 49.6 Å². The van der Waals surface area contributed by atoms with Crippen LogP contribution >= 0.6 is 11.8 Å². The highest BCUT2D eigenvalue weighted by atomic mass is 32.2. The van der Waals surface area contributed by atoms with Crippen molar-refractivity contribution in [3.05, 3.63) is 63.3 Å². The second kappa shape index (κ2) is 9.61. The van der Waals surface area contributed by atoms with Crippen molar-refractivity contribution in [1.29, 1.82) is 0 Å². The fourth-order valence-corrected chi connectivity index (χ4v) is 5.39. The van der Waals surface area contributed by atoms with Crippen molar-refractivity contribution in [2.24, 2.45) is 0 Å². The van der Waals surface area contributed by atoms with E-state index in [0.29, 0.717) is 54.0 Å². The topological polar surface area (TPSA) is 103 Å². The molecule has 2 amide bonds. The van der Waals surface area contributed by atoms with Crippen LogP contribution in [0.1, 0.15) is 26.2 Å². The molecular weight excluding hydrogens is 468 g/mol. The third-order valence-electron chi connectivity index (χ3n) is 6.27. The predicted octanol–water partition coefficient (Wildman–Crippen LogP) is 3.42. The molecule has 0 radical (unpaired) electrons. The van der Waals surface area contributed by atoms with E-state index in [-0.39, 0.29) is 29.8 Å². The molecule has 2 aliphatic heterocycles. The number of cyclic esters (lactones) is 1. The highest BCUT2D eigenvalue weighted by molar-refractivity contribution is 8.00. The van der Waals surface area contributed by atoms with Gasteiger partial charge in [0.2, 0.25) is 5.91 Å². The number of aryl methyl sites for hydroxylation is 1. The number of rotatable bonds is 7. The number of fused-ring (bicyclic) bond motifs is 2. The first kappa shape index (κ1) is 23.2. The van der Waals surface area contributed by atoms with Crippen LogP contribution in [-0.4, -0.2) is 39.5 Å².